The minimum atomic E-state index is -0.665. The predicted octanol–water partition coefficient (Wildman–Crippen LogP) is 1.20. The van der Waals surface area contributed by atoms with Gasteiger partial charge in [-0.2, -0.15) is 0 Å². The summed E-state index contributed by atoms with van der Waals surface area (Å²) in [6.07, 6.45) is 0. The monoisotopic (exact) mass is 281 g/mol. The lowest BCUT2D eigenvalue weighted by molar-refractivity contribution is -0.121. The van der Waals surface area contributed by atoms with Gasteiger partial charge in [-0.3, -0.25) is 9.59 Å². The van der Waals surface area contributed by atoms with Crippen molar-refractivity contribution in [2.45, 2.75) is 24.3 Å². The van der Waals surface area contributed by atoms with Crippen molar-refractivity contribution in [2.24, 2.45) is 5.73 Å². The summed E-state index contributed by atoms with van der Waals surface area (Å²) in [6, 6.07) is 7.32. The van der Waals surface area contributed by atoms with Gasteiger partial charge in [-0.05, 0) is 33.0 Å². The van der Waals surface area contributed by atoms with Gasteiger partial charge in [-0.15, -0.1) is 11.8 Å². The van der Waals surface area contributed by atoms with Crippen LogP contribution in [0.2, 0.25) is 0 Å². The van der Waals surface area contributed by atoms with E-state index in [0.717, 1.165) is 4.90 Å². The number of likely N-dealkylation sites (N-methyl/N-ethyl adjacent to an activating group) is 1. The van der Waals surface area contributed by atoms with Crippen LogP contribution in [0.25, 0.3) is 0 Å². The second-order valence-electron chi connectivity index (χ2n) is 4.58. The van der Waals surface area contributed by atoms with E-state index in [2.05, 4.69) is 10.6 Å². The Morgan fingerprint density at radius 3 is 2.53 bits per heavy atom. The van der Waals surface area contributed by atoms with Crippen LogP contribution in [0.1, 0.15) is 13.8 Å². The normalized spacial score (nSPS) is 11.1. The van der Waals surface area contributed by atoms with Gasteiger partial charge in [0.2, 0.25) is 11.8 Å². The average molecular weight is 281 g/mol. The van der Waals surface area contributed by atoms with Gasteiger partial charge in [0, 0.05) is 4.90 Å². The number of hydrogen-bond donors (Lipinski definition) is 3. The number of nitrogens with one attached hydrogen (secondary N) is 2. The van der Waals surface area contributed by atoms with E-state index in [4.69, 9.17) is 5.73 Å². The van der Waals surface area contributed by atoms with E-state index in [9.17, 15) is 9.59 Å². The standard InChI is InChI=1S/C13H19N3O2S/c1-13(2,15-3)12(18)16-9-6-4-5-7-10(9)19-8-11(14)17/h4-7,15H,8H2,1-3H3,(H2,14,17)(H,16,18). The lowest BCUT2D eigenvalue weighted by atomic mass is 10.1. The fourth-order valence-electron chi connectivity index (χ4n) is 1.24. The highest BCUT2D eigenvalue weighted by molar-refractivity contribution is 8.00. The van der Waals surface area contributed by atoms with Crippen LogP contribution in [-0.4, -0.2) is 30.2 Å². The number of anilines is 1. The molecule has 0 saturated heterocycles. The fraction of sp³-hybridized carbons (Fsp3) is 0.385. The lowest BCUT2D eigenvalue weighted by Crippen LogP contribution is -2.47. The van der Waals surface area contributed by atoms with Crippen molar-refractivity contribution in [2.75, 3.05) is 18.1 Å². The Balaban J connectivity index is 2.83. The Kier molecular flexibility index (Phi) is 5.38. The Morgan fingerprint density at radius 2 is 1.95 bits per heavy atom. The largest absolute Gasteiger partial charge is 0.369 e. The second kappa shape index (κ2) is 6.58. The molecule has 0 aliphatic carbocycles. The first-order chi connectivity index (χ1) is 8.86. The van der Waals surface area contributed by atoms with Crippen LogP contribution < -0.4 is 16.4 Å². The maximum absolute atomic E-state index is 12.1. The SMILES string of the molecule is CNC(C)(C)C(=O)Nc1ccccc1SCC(N)=O. The summed E-state index contributed by atoms with van der Waals surface area (Å²) in [5, 5.41) is 5.79. The van der Waals surface area contributed by atoms with Crippen molar-refractivity contribution in [3.05, 3.63) is 24.3 Å². The van der Waals surface area contributed by atoms with E-state index in [1.54, 1.807) is 27.0 Å². The van der Waals surface area contributed by atoms with Crippen molar-refractivity contribution < 1.29 is 9.59 Å². The number of carbonyl (C=O) groups excluding carboxylic acids is 2. The number of para-hydroxylation sites is 1. The van der Waals surface area contributed by atoms with E-state index >= 15 is 0 Å². The molecule has 0 unspecified atom stereocenters. The van der Waals surface area contributed by atoms with E-state index in [0.29, 0.717) is 5.69 Å². The zero-order valence-corrected chi connectivity index (χ0v) is 12.1. The first-order valence-corrected chi connectivity index (χ1v) is 6.86. The van der Waals surface area contributed by atoms with Crippen LogP contribution in [0.4, 0.5) is 5.69 Å². The molecule has 6 heteroatoms. The molecule has 5 nitrogen and oxygen atoms in total. The third kappa shape index (κ3) is 4.57. The van der Waals surface area contributed by atoms with E-state index in [-0.39, 0.29) is 17.6 Å². The Labute approximate surface area is 117 Å². The summed E-state index contributed by atoms with van der Waals surface area (Å²) in [4.78, 5) is 23.7. The number of rotatable bonds is 6. The molecular formula is C13H19N3O2S. The van der Waals surface area contributed by atoms with Gasteiger partial charge < -0.3 is 16.4 Å². The molecule has 4 N–H and O–H groups in total. The lowest BCUT2D eigenvalue weighted by Gasteiger charge is -2.23. The maximum Gasteiger partial charge on any atom is 0.244 e. The molecule has 0 aliphatic rings. The molecule has 104 valence electrons. The Morgan fingerprint density at radius 1 is 1.32 bits per heavy atom. The number of primary amides is 1. The number of carbonyl (C=O) groups is 2. The molecule has 0 fully saturated rings. The van der Waals surface area contributed by atoms with Crippen molar-refractivity contribution in [1.29, 1.82) is 0 Å². The van der Waals surface area contributed by atoms with Crippen LogP contribution in [0.15, 0.2) is 29.2 Å². The molecule has 0 atom stereocenters. The van der Waals surface area contributed by atoms with E-state index in [1.807, 2.05) is 18.2 Å². The number of thioether (sulfide) groups is 1. The molecule has 2 amide bonds. The highest BCUT2D eigenvalue weighted by Gasteiger charge is 2.25. The van der Waals surface area contributed by atoms with Crippen molar-refractivity contribution in [3.8, 4) is 0 Å². The van der Waals surface area contributed by atoms with Gasteiger partial charge in [0.05, 0.1) is 17.0 Å². The fourth-order valence-corrected chi connectivity index (χ4v) is 1.98. The topological polar surface area (TPSA) is 84.2 Å². The van der Waals surface area contributed by atoms with Gasteiger partial charge in [0.15, 0.2) is 0 Å². The predicted molar refractivity (Wildman–Crippen MR) is 78.1 cm³/mol. The van der Waals surface area contributed by atoms with Crippen LogP contribution in [0.5, 0.6) is 0 Å². The zero-order chi connectivity index (χ0) is 14.5. The number of hydrogen-bond acceptors (Lipinski definition) is 4. The maximum atomic E-state index is 12.1. The Hall–Kier alpha value is -1.53. The van der Waals surface area contributed by atoms with Crippen LogP contribution in [-0.2, 0) is 9.59 Å². The summed E-state index contributed by atoms with van der Waals surface area (Å²) in [7, 11) is 1.73. The van der Waals surface area contributed by atoms with Crippen LogP contribution >= 0.6 is 11.8 Å². The summed E-state index contributed by atoms with van der Waals surface area (Å²) in [6.45, 7) is 3.59. The minimum absolute atomic E-state index is 0.137. The van der Waals surface area contributed by atoms with Crippen LogP contribution in [0, 0.1) is 0 Å². The van der Waals surface area contributed by atoms with Gasteiger partial charge in [-0.1, -0.05) is 12.1 Å². The molecule has 1 aromatic carbocycles. The molecule has 0 saturated carbocycles. The Bertz CT molecular complexity index is 475. The van der Waals surface area contributed by atoms with Crippen molar-refractivity contribution in [1.82, 2.24) is 5.32 Å². The molecule has 0 radical (unpaired) electrons. The average Bonchev–Trinajstić information content (AvgIpc) is 2.37. The molecule has 1 aromatic rings. The van der Waals surface area contributed by atoms with Crippen LogP contribution in [0.3, 0.4) is 0 Å². The van der Waals surface area contributed by atoms with E-state index < -0.39 is 5.54 Å². The highest BCUT2D eigenvalue weighted by atomic mass is 32.2. The number of benzene rings is 1. The smallest absolute Gasteiger partial charge is 0.244 e. The third-order valence-electron chi connectivity index (χ3n) is 2.70. The molecule has 0 aliphatic heterocycles. The number of amides is 2. The molecule has 0 aromatic heterocycles. The first-order valence-electron chi connectivity index (χ1n) is 5.87. The van der Waals surface area contributed by atoms with Crippen molar-refractivity contribution in [3.63, 3.8) is 0 Å². The zero-order valence-electron chi connectivity index (χ0n) is 11.3. The van der Waals surface area contributed by atoms with Gasteiger partial charge in [0.25, 0.3) is 0 Å². The quantitative estimate of drug-likeness (QED) is 0.684. The molecule has 0 heterocycles. The summed E-state index contributed by atoms with van der Waals surface area (Å²) in [5.74, 6) is -0.341. The molecule has 19 heavy (non-hydrogen) atoms. The third-order valence-corrected chi connectivity index (χ3v) is 3.79. The second-order valence-corrected chi connectivity index (χ2v) is 5.60. The first kappa shape index (κ1) is 15.5. The molecular weight excluding hydrogens is 262 g/mol. The molecule has 0 bridgehead atoms. The summed E-state index contributed by atoms with van der Waals surface area (Å²) < 4.78 is 0. The van der Waals surface area contributed by atoms with E-state index in [1.165, 1.54) is 11.8 Å². The van der Waals surface area contributed by atoms with Gasteiger partial charge in [0.1, 0.15) is 0 Å². The highest BCUT2D eigenvalue weighted by Crippen LogP contribution is 2.27. The van der Waals surface area contributed by atoms with Gasteiger partial charge in [-0.25, -0.2) is 0 Å². The molecule has 0 spiro atoms. The molecule has 1 rings (SSSR count). The minimum Gasteiger partial charge on any atom is -0.369 e. The summed E-state index contributed by atoms with van der Waals surface area (Å²) in [5.41, 5.74) is 5.14. The van der Waals surface area contributed by atoms with Gasteiger partial charge >= 0.3 is 0 Å². The summed E-state index contributed by atoms with van der Waals surface area (Å²) >= 11 is 1.31. The van der Waals surface area contributed by atoms with Crippen molar-refractivity contribution >= 4 is 29.3 Å². The number of nitrogens with two attached hydrogens (primary N) is 1.